The molecule has 0 radical (unpaired) electrons. The first-order chi connectivity index (χ1) is 10.6. The lowest BCUT2D eigenvalue weighted by Crippen LogP contribution is -2.46. The van der Waals surface area contributed by atoms with Crippen LogP contribution in [0.1, 0.15) is 19.8 Å². The first kappa shape index (κ1) is 17.1. The summed E-state index contributed by atoms with van der Waals surface area (Å²) in [6, 6.07) is 7.82. The molecule has 1 aliphatic heterocycles. The van der Waals surface area contributed by atoms with E-state index in [-0.39, 0.29) is 5.60 Å². The van der Waals surface area contributed by atoms with Crippen molar-refractivity contribution < 1.29 is 9.47 Å². The fourth-order valence-electron chi connectivity index (χ4n) is 2.36. The quantitative estimate of drug-likeness (QED) is 0.459. The van der Waals surface area contributed by atoms with Gasteiger partial charge in [0.1, 0.15) is 12.4 Å². The minimum atomic E-state index is -0.0789. The molecule has 0 spiro atoms. The van der Waals surface area contributed by atoms with Gasteiger partial charge in [0.15, 0.2) is 5.96 Å². The number of hydrogen-bond donors (Lipinski definition) is 2. The van der Waals surface area contributed by atoms with Gasteiger partial charge in [0, 0.05) is 24.7 Å². The van der Waals surface area contributed by atoms with Crippen LogP contribution < -0.4 is 15.4 Å². The summed E-state index contributed by atoms with van der Waals surface area (Å²) in [6.45, 7) is 5.01. The Labute approximate surface area is 140 Å². The van der Waals surface area contributed by atoms with Gasteiger partial charge in [-0.15, -0.1) is 0 Å². The second-order valence-electron chi connectivity index (χ2n) is 5.56. The summed E-state index contributed by atoms with van der Waals surface area (Å²) in [4.78, 5) is 4.21. The Hall–Kier alpha value is -1.27. The Morgan fingerprint density at radius 3 is 3.00 bits per heavy atom. The van der Waals surface area contributed by atoms with Crippen LogP contribution >= 0.6 is 15.9 Å². The molecule has 0 aliphatic carbocycles. The number of hydrogen-bond acceptors (Lipinski definition) is 3. The Bertz CT molecular complexity index is 502. The van der Waals surface area contributed by atoms with Crippen LogP contribution in [0.15, 0.2) is 33.7 Å². The van der Waals surface area contributed by atoms with E-state index >= 15 is 0 Å². The molecule has 0 aromatic heterocycles. The van der Waals surface area contributed by atoms with Crippen molar-refractivity contribution in [2.45, 2.75) is 25.4 Å². The van der Waals surface area contributed by atoms with Crippen LogP contribution in [-0.2, 0) is 4.74 Å². The fourth-order valence-corrected chi connectivity index (χ4v) is 2.74. The van der Waals surface area contributed by atoms with Gasteiger partial charge < -0.3 is 20.1 Å². The van der Waals surface area contributed by atoms with E-state index in [0.717, 1.165) is 42.2 Å². The summed E-state index contributed by atoms with van der Waals surface area (Å²) in [6.07, 6.45) is 2.22. The average Bonchev–Trinajstić information content (AvgIpc) is 2.94. The van der Waals surface area contributed by atoms with Crippen molar-refractivity contribution in [2.75, 3.05) is 33.4 Å². The summed E-state index contributed by atoms with van der Waals surface area (Å²) < 4.78 is 12.4. The van der Waals surface area contributed by atoms with Gasteiger partial charge in [-0.1, -0.05) is 22.0 Å². The van der Waals surface area contributed by atoms with Crippen molar-refractivity contribution in [3.8, 4) is 5.75 Å². The Balaban J connectivity index is 1.66. The van der Waals surface area contributed by atoms with E-state index in [9.17, 15) is 0 Å². The van der Waals surface area contributed by atoms with E-state index in [4.69, 9.17) is 9.47 Å². The lowest BCUT2D eigenvalue weighted by molar-refractivity contribution is 0.0243. The Morgan fingerprint density at radius 1 is 1.45 bits per heavy atom. The summed E-state index contributed by atoms with van der Waals surface area (Å²) in [5.41, 5.74) is -0.0789. The van der Waals surface area contributed by atoms with Crippen molar-refractivity contribution in [1.29, 1.82) is 0 Å². The molecule has 1 fully saturated rings. The third-order valence-electron chi connectivity index (χ3n) is 3.61. The number of guanidine groups is 1. The average molecular weight is 370 g/mol. The van der Waals surface area contributed by atoms with Crippen LogP contribution in [0.25, 0.3) is 0 Å². The first-order valence-corrected chi connectivity index (χ1v) is 8.37. The molecule has 2 rings (SSSR count). The summed E-state index contributed by atoms with van der Waals surface area (Å²) >= 11 is 3.43. The first-order valence-electron chi connectivity index (χ1n) is 7.58. The SMILES string of the molecule is CN=C(NCCOc1cccc(Br)c1)NCC1(C)CCCO1. The standard InChI is InChI=1S/C16H24BrN3O2/c1-16(7-4-9-22-16)12-20-15(18-2)19-8-10-21-14-6-3-5-13(17)11-14/h3,5-6,11H,4,7-10,12H2,1-2H3,(H2,18,19,20). The molecule has 6 heteroatoms. The van der Waals surface area contributed by atoms with Crippen LogP contribution in [0.2, 0.25) is 0 Å². The third-order valence-corrected chi connectivity index (χ3v) is 4.11. The lowest BCUT2D eigenvalue weighted by atomic mass is 10.0. The smallest absolute Gasteiger partial charge is 0.191 e. The molecule has 1 unspecified atom stereocenters. The van der Waals surface area contributed by atoms with Crippen LogP contribution in [0.3, 0.4) is 0 Å². The van der Waals surface area contributed by atoms with Crippen LogP contribution in [0, 0.1) is 0 Å². The molecule has 0 bridgehead atoms. The molecular weight excluding hydrogens is 346 g/mol. The molecule has 22 heavy (non-hydrogen) atoms. The van der Waals surface area contributed by atoms with Gasteiger partial charge in [-0.3, -0.25) is 4.99 Å². The molecule has 0 saturated carbocycles. The molecule has 1 aromatic rings. The van der Waals surface area contributed by atoms with Gasteiger partial charge >= 0.3 is 0 Å². The topological polar surface area (TPSA) is 54.9 Å². The molecule has 1 atom stereocenters. The highest BCUT2D eigenvalue weighted by atomic mass is 79.9. The van der Waals surface area contributed by atoms with Gasteiger partial charge in [0.05, 0.1) is 12.1 Å². The second-order valence-corrected chi connectivity index (χ2v) is 6.48. The zero-order chi connectivity index (χ0) is 15.8. The molecule has 1 saturated heterocycles. The second kappa shape index (κ2) is 8.39. The third kappa shape index (κ3) is 5.50. The maximum atomic E-state index is 5.76. The number of aliphatic imine (C=N–C) groups is 1. The molecule has 5 nitrogen and oxygen atoms in total. The van der Waals surface area contributed by atoms with Crippen LogP contribution in [0.5, 0.6) is 5.75 Å². The number of benzene rings is 1. The van der Waals surface area contributed by atoms with Gasteiger partial charge in [-0.05, 0) is 38.0 Å². The van der Waals surface area contributed by atoms with Crippen LogP contribution in [0.4, 0.5) is 0 Å². The minimum absolute atomic E-state index is 0.0789. The molecular formula is C16H24BrN3O2. The lowest BCUT2D eigenvalue weighted by Gasteiger charge is -2.24. The summed E-state index contributed by atoms with van der Waals surface area (Å²) in [5.74, 6) is 1.63. The van der Waals surface area contributed by atoms with E-state index in [1.54, 1.807) is 7.05 Å². The number of nitrogens with zero attached hydrogens (tertiary/aromatic N) is 1. The number of ether oxygens (including phenoxy) is 2. The predicted molar refractivity (Wildman–Crippen MR) is 92.6 cm³/mol. The van der Waals surface area contributed by atoms with Crippen molar-refractivity contribution in [3.05, 3.63) is 28.7 Å². The van der Waals surface area contributed by atoms with Gasteiger partial charge in [0.25, 0.3) is 0 Å². The molecule has 1 aliphatic rings. The molecule has 1 heterocycles. The summed E-state index contributed by atoms with van der Waals surface area (Å²) in [7, 11) is 1.77. The molecule has 1 aromatic carbocycles. The summed E-state index contributed by atoms with van der Waals surface area (Å²) in [5, 5.41) is 6.55. The number of halogens is 1. The van der Waals surface area contributed by atoms with Crippen molar-refractivity contribution in [3.63, 3.8) is 0 Å². The zero-order valence-corrected chi connectivity index (χ0v) is 14.8. The monoisotopic (exact) mass is 369 g/mol. The van der Waals surface area contributed by atoms with Gasteiger partial charge in [-0.25, -0.2) is 0 Å². The molecule has 0 amide bonds. The normalized spacial score (nSPS) is 21.7. The van der Waals surface area contributed by atoms with E-state index in [1.807, 2.05) is 24.3 Å². The van der Waals surface area contributed by atoms with Gasteiger partial charge in [-0.2, -0.15) is 0 Å². The molecule has 122 valence electrons. The highest BCUT2D eigenvalue weighted by Gasteiger charge is 2.29. The molecule has 2 N–H and O–H groups in total. The maximum absolute atomic E-state index is 5.76. The largest absolute Gasteiger partial charge is 0.492 e. The Kier molecular flexibility index (Phi) is 6.51. The highest BCUT2D eigenvalue weighted by molar-refractivity contribution is 9.10. The van der Waals surface area contributed by atoms with E-state index < -0.39 is 0 Å². The number of nitrogens with one attached hydrogen (secondary N) is 2. The van der Waals surface area contributed by atoms with Crippen molar-refractivity contribution >= 4 is 21.9 Å². The van der Waals surface area contributed by atoms with Crippen molar-refractivity contribution in [1.82, 2.24) is 10.6 Å². The van der Waals surface area contributed by atoms with Crippen molar-refractivity contribution in [2.24, 2.45) is 4.99 Å². The van der Waals surface area contributed by atoms with Crippen LogP contribution in [-0.4, -0.2) is 44.9 Å². The predicted octanol–water partition coefficient (Wildman–Crippen LogP) is 2.56. The highest BCUT2D eigenvalue weighted by Crippen LogP contribution is 2.23. The van der Waals surface area contributed by atoms with E-state index in [2.05, 4.69) is 38.5 Å². The Morgan fingerprint density at radius 2 is 2.32 bits per heavy atom. The number of rotatable bonds is 6. The van der Waals surface area contributed by atoms with Gasteiger partial charge in [0.2, 0.25) is 0 Å². The maximum Gasteiger partial charge on any atom is 0.191 e. The van der Waals surface area contributed by atoms with E-state index in [1.165, 1.54) is 0 Å². The fraction of sp³-hybridized carbons (Fsp3) is 0.562. The van der Waals surface area contributed by atoms with E-state index in [0.29, 0.717) is 13.2 Å². The minimum Gasteiger partial charge on any atom is -0.492 e. The zero-order valence-electron chi connectivity index (χ0n) is 13.2.